The summed E-state index contributed by atoms with van der Waals surface area (Å²) in [7, 11) is 0. The zero-order valence-corrected chi connectivity index (χ0v) is 23.4. The van der Waals surface area contributed by atoms with Crippen LogP contribution in [0.2, 0.25) is 0 Å². The lowest BCUT2D eigenvalue weighted by atomic mass is 9.70. The van der Waals surface area contributed by atoms with E-state index in [1.54, 1.807) is 0 Å². The predicted octanol–water partition coefficient (Wildman–Crippen LogP) is 9.24. The molecule has 1 N–H and O–H groups in total. The van der Waals surface area contributed by atoms with Gasteiger partial charge in [0.1, 0.15) is 0 Å². The molecule has 0 amide bonds. The molecular formula is C41H26N2. The van der Waals surface area contributed by atoms with Gasteiger partial charge in [-0.25, -0.2) is 0 Å². The fraction of sp³-hybridized carbons (Fsp3) is 0.0488. The van der Waals surface area contributed by atoms with E-state index in [2.05, 4.69) is 139 Å². The summed E-state index contributed by atoms with van der Waals surface area (Å²) in [6.07, 6.45) is 4.01. The lowest BCUT2D eigenvalue weighted by Gasteiger charge is -2.31. The van der Waals surface area contributed by atoms with E-state index in [9.17, 15) is 5.26 Å². The van der Waals surface area contributed by atoms with Gasteiger partial charge in [0.2, 0.25) is 0 Å². The number of hydrogen-bond acceptors (Lipinski definition) is 2. The van der Waals surface area contributed by atoms with Crippen LogP contribution in [0.3, 0.4) is 0 Å². The highest BCUT2D eigenvalue weighted by Crippen LogP contribution is 2.64. The zero-order chi connectivity index (χ0) is 28.5. The molecule has 1 heterocycles. The minimum atomic E-state index is -0.393. The van der Waals surface area contributed by atoms with Crippen molar-refractivity contribution in [3.05, 3.63) is 173 Å². The van der Waals surface area contributed by atoms with Crippen LogP contribution in [0, 0.1) is 11.3 Å². The number of dihydropyridines is 1. The second-order valence-electron chi connectivity index (χ2n) is 11.6. The summed E-state index contributed by atoms with van der Waals surface area (Å²) in [5, 5.41) is 15.3. The van der Waals surface area contributed by atoms with E-state index in [1.807, 2.05) is 12.3 Å². The smallest absolute Gasteiger partial charge is 0.0966 e. The number of allylic oxidation sites excluding steroid dienone is 2. The van der Waals surface area contributed by atoms with Gasteiger partial charge in [0.15, 0.2) is 0 Å². The Morgan fingerprint density at radius 3 is 1.88 bits per heavy atom. The van der Waals surface area contributed by atoms with Gasteiger partial charge in [-0.05, 0) is 95.8 Å². The molecule has 0 saturated heterocycles. The first-order chi connectivity index (χ1) is 21.3. The molecule has 0 unspecified atom stereocenters. The number of nitrogens with zero attached hydrogens (tertiary/aromatic N) is 1. The van der Waals surface area contributed by atoms with Crippen molar-refractivity contribution in [3.8, 4) is 39.4 Å². The van der Waals surface area contributed by atoms with Gasteiger partial charge in [-0.1, -0.05) is 115 Å². The standard InChI is InChI=1S/C41H26N2/c42-23-26-20-29(25-43-24-26)27-10-9-11-28(21-27)35-22-39-40(33-15-2-1-12-30(33)35)34-16-5-8-19-38(34)41(39)36-17-6-3-13-31(36)32-14-4-7-18-37(32)41/h1-22,25,43H,24H2. The lowest BCUT2D eigenvalue weighted by Crippen LogP contribution is -2.25. The van der Waals surface area contributed by atoms with E-state index < -0.39 is 5.41 Å². The van der Waals surface area contributed by atoms with Gasteiger partial charge in [-0.2, -0.15) is 5.26 Å². The molecule has 0 bridgehead atoms. The molecule has 0 radical (unpaired) electrons. The first kappa shape index (κ1) is 24.0. The number of fused-ring (bicyclic) bond motifs is 12. The Balaban J connectivity index is 1.38. The van der Waals surface area contributed by atoms with Crippen LogP contribution in [0.5, 0.6) is 0 Å². The summed E-state index contributed by atoms with van der Waals surface area (Å²) in [5.74, 6) is 0. The van der Waals surface area contributed by atoms with Gasteiger partial charge < -0.3 is 5.32 Å². The van der Waals surface area contributed by atoms with Gasteiger partial charge in [0.25, 0.3) is 0 Å². The molecule has 2 nitrogen and oxygen atoms in total. The zero-order valence-electron chi connectivity index (χ0n) is 23.4. The second-order valence-corrected chi connectivity index (χ2v) is 11.6. The molecule has 2 heteroatoms. The van der Waals surface area contributed by atoms with Crippen LogP contribution in [-0.2, 0) is 5.41 Å². The normalized spacial score (nSPS) is 15.0. The molecule has 0 aromatic heterocycles. The van der Waals surface area contributed by atoms with Gasteiger partial charge in [-0.15, -0.1) is 0 Å². The number of benzene rings is 6. The first-order valence-electron chi connectivity index (χ1n) is 14.8. The maximum absolute atomic E-state index is 9.53. The van der Waals surface area contributed by atoms with Gasteiger partial charge in [0, 0.05) is 18.3 Å². The number of nitrogens with one attached hydrogen (secondary N) is 1. The molecule has 0 atom stereocenters. The van der Waals surface area contributed by atoms with Crippen molar-refractivity contribution in [2.45, 2.75) is 5.41 Å². The highest BCUT2D eigenvalue weighted by atomic mass is 14.8. The molecule has 1 aliphatic heterocycles. The lowest BCUT2D eigenvalue weighted by molar-refractivity contribution is 0.794. The van der Waals surface area contributed by atoms with Gasteiger partial charge in [0.05, 0.1) is 11.5 Å². The average molecular weight is 547 g/mol. The molecule has 1 spiro atoms. The molecule has 9 rings (SSSR count). The number of rotatable bonds is 2. The Labute approximate surface area is 250 Å². The van der Waals surface area contributed by atoms with E-state index in [-0.39, 0.29) is 0 Å². The Hall–Kier alpha value is -5.65. The van der Waals surface area contributed by atoms with E-state index in [0.29, 0.717) is 6.54 Å². The van der Waals surface area contributed by atoms with E-state index in [4.69, 9.17) is 0 Å². The molecule has 0 fully saturated rings. The summed E-state index contributed by atoms with van der Waals surface area (Å²) < 4.78 is 0. The molecule has 2 aliphatic carbocycles. The van der Waals surface area contributed by atoms with Crippen LogP contribution in [0.1, 0.15) is 27.8 Å². The maximum Gasteiger partial charge on any atom is 0.0966 e. The highest BCUT2D eigenvalue weighted by Gasteiger charge is 2.52. The number of nitriles is 1. The first-order valence-corrected chi connectivity index (χ1v) is 14.8. The topological polar surface area (TPSA) is 35.8 Å². The van der Waals surface area contributed by atoms with Crippen molar-refractivity contribution >= 4 is 16.3 Å². The minimum absolute atomic E-state index is 0.393. The van der Waals surface area contributed by atoms with Gasteiger partial charge >= 0.3 is 0 Å². The Bertz CT molecular complexity index is 2210. The van der Waals surface area contributed by atoms with E-state index in [1.165, 1.54) is 66.4 Å². The van der Waals surface area contributed by atoms with Crippen molar-refractivity contribution in [1.29, 1.82) is 5.26 Å². The molecule has 3 aliphatic rings. The second kappa shape index (κ2) is 8.92. The van der Waals surface area contributed by atoms with Crippen LogP contribution in [0.15, 0.2) is 145 Å². The van der Waals surface area contributed by atoms with Crippen molar-refractivity contribution in [1.82, 2.24) is 5.32 Å². The van der Waals surface area contributed by atoms with Crippen molar-refractivity contribution < 1.29 is 0 Å². The number of hydrogen-bond donors (Lipinski definition) is 1. The molecular weight excluding hydrogens is 520 g/mol. The Kier molecular flexibility index (Phi) is 4.98. The summed E-state index contributed by atoms with van der Waals surface area (Å²) in [4.78, 5) is 0. The summed E-state index contributed by atoms with van der Waals surface area (Å²) in [6, 6.07) is 49.3. The average Bonchev–Trinajstić information content (AvgIpc) is 3.55. The third-order valence-corrected chi connectivity index (χ3v) is 9.53. The monoisotopic (exact) mass is 546 g/mol. The minimum Gasteiger partial charge on any atom is -0.386 e. The van der Waals surface area contributed by atoms with E-state index in [0.717, 1.165) is 16.7 Å². The molecule has 6 aromatic carbocycles. The Morgan fingerprint density at radius 2 is 1.16 bits per heavy atom. The molecule has 200 valence electrons. The fourth-order valence-electron chi connectivity index (χ4n) is 7.84. The van der Waals surface area contributed by atoms with Crippen LogP contribution in [-0.4, -0.2) is 6.54 Å². The van der Waals surface area contributed by atoms with Crippen molar-refractivity contribution in [2.24, 2.45) is 0 Å². The molecule has 43 heavy (non-hydrogen) atoms. The quantitative estimate of drug-likeness (QED) is 0.235. The molecule has 6 aromatic rings. The van der Waals surface area contributed by atoms with Crippen molar-refractivity contribution in [3.63, 3.8) is 0 Å². The van der Waals surface area contributed by atoms with Crippen LogP contribution in [0.25, 0.3) is 49.7 Å². The summed E-state index contributed by atoms with van der Waals surface area (Å²) >= 11 is 0. The van der Waals surface area contributed by atoms with Crippen LogP contribution >= 0.6 is 0 Å². The third kappa shape index (κ3) is 3.17. The SMILES string of the molecule is N#CC1=CC(c2cccc(-c3cc4c(c5ccccc35)-c3ccccc3C43c4ccccc4-c4ccccc43)c2)=CNC1. The highest BCUT2D eigenvalue weighted by molar-refractivity contribution is 6.11. The fourth-order valence-corrected chi connectivity index (χ4v) is 7.84. The largest absolute Gasteiger partial charge is 0.386 e. The summed E-state index contributed by atoms with van der Waals surface area (Å²) in [6.45, 7) is 0.570. The maximum atomic E-state index is 9.53. The molecule has 0 saturated carbocycles. The van der Waals surface area contributed by atoms with Crippen LogP contribution in [0.4, 0.5) is 0 Å². The van der Waals surface area contributed by atoms with Gasteiger partial charge in [-0.3, -0.25) is 0 Å². The van der Waals surface area contributed by atoms with Crippen LogP contribution < -0.4 is 5.32 Å². The third-order valence-electron chi connectivity index (χ3n) is 9.53. The van der Waals surface area contributed by atoms with E-state index >= 15 is 0 Å². The Morgan fingerprint density at radius 1 is 0.558 bits per heavy atom. The van der Waals surface area contributed by atoms with Crippen molar-refractivity contribution in [2.75, 3.05) is 6.54 Å². The summed E-state index contributed by atoms with van der Waals surface area (Å²) in [5.41, 5.74) is 15.5. The predicted molar refractivity (Wildman–Crippen MR) is 175 cm³/mol.